The first-order chi connectivity index (χ1) is 11.6. The molecule has 0 spiro atoms. The fourth-order valence-corrected chi connectivity index (χ4v) is 4.44. The molecular weight excluding hydrogens is 304 g/mol. The maximum atomic E-state index is 13.0. The predicted molar refractivity (Wildman–Crippen MR) is 93.6 cm³/mol. The van der Waals surface area contributed by atoms with Gasteiger partial charge in [0.15, 0.2) is 0 Å². The molecule has 0 aromatic rings. The molecule has 0 bridgehead atoms. The minimum Gasteiger partial charge on any atom is -0.381 e. The van der Waals surface area contributed by atoms with E-state index in [0.29, 0.717) is 32.0 Å². The van der Waals surface area contributed by atoms with Gasteiger partial charge in [-0.05, 0) is 57.3 Å². The minimum absolute atomic E-state index is 0.248. The van der Waals surface area contributed by atoms with Crippen molar-refractivity contribution < 1.29 is 14.3 Å². The van der Waals surface area contributed by atoms with Gasteiger partial charge in [0.1, 0.15) is 0 Å². The van der Waals surface area contributed by atoms with Gasteiger partial charge in [-0.3, -0.25) is 4.79 Å². The molecule has 5 heteroatoms. The van der Waals surface area contributed by atoms with Gasteiger partial charge in [0.25, 0.3) is 0 Å². The second kappa shape index (κ2) is 8.15. The van der Waals surface area contributed by atoms with Gasteiger partial charge < -0.3 is 20.1 Å². The first kappa shape index (κ1) is 18.2. The minimum atomic E-state index is -0.383. The summed E-state index contributed by atoms with van der Waals surface area (Å²) in [6.45, 7) is 5.71. The SMILES string of the molecule is CC1CCC(OC2CCN(C(=O)C3(CN)CCOCC3)CC2)CC1. The number of nitrogens with two attached hydrogens (primary N) is 1. The average molecular weight is 338 g/mol. The quantitative estimate of drug-likeness (QED) is 0.854. The fourth-order valence-electron chi connectivity index (χ4n) is 4.44. The Morgan fingerprint density at radius 3 is 2.25 bits per heavy atom. The van der Waals surface area contributed by atoms with E-state index in [9.17, 15) is 4.79 Å². The van der Waals surface area contributed by atoms with Crippen LogP contribution in [0, 0.1) is 11.3 Å². The molecule has 2 N–H and O–H groups in total. The number of piperidine rings is 1. The summed E-state index contributed by atoms with van der Waals surface area (Å²) in [7, 11) is 0. The Balaban J connectivity index is 1.46. The first-order valence-electron chi connectivity index (χ1n) is 9.85. The van der Waals surface area contributed by atoms with Crippen molar-refractivity contribution in [2.45, 2.75) is 70.5 Å². The van der Waals surface area contributed by atoms with Crippen LogP contribution in [-0.4, -0.2) is 55.9 Å². The molecule has 138 valence electrons. The second-order valence-electron chi connectivity index (χ2n) is 8.11. The highest BCUT2D eigenvalue weighted by Gasteiger charge is 2.42. The highest BCUT2D eigenvalue weighted by Crippen LogP contribution is 2.33. The molecule has 1 saturated carbocycles. The monoisotopic (exact) mass is 338 g/mol. The van der Waals surface area contributed by atoms with Crippen LogP contribution in [0.1, 0.15) is 58.3 Å². The van der Waals surface area contributed by atoms with Crippen molar-refractivity contribution in [3.8, 4) is 0 Å². The third kappa shape index (κ3) is 4.12. The molecule has 3 aliphatic rings. The zero-order valence-corrected chi connectivity index (χ0v) is 15.2. The Kier molecular flexibility index (Phi) is 6.17. The molecule has 0 aromatic heterocycles. The van der Waals surface area contributed by atoms with Crippen molar-refractivity contribution in [3.63, 3.8) is 0 Å². The van der Waals surface area contributed by atoms with E-state index in [0.717, 1.165) is 44.7 Å². The van der Waals surface area contributed by atoms with Gasteiger partial charge >= 0.3 is 0 Å². The van der Waals surface area contributed by atoms with Crippen molar-refractivity contribution in [2.75, 3.05) is 32.8 Å². The third-order valence-corrected chi connectivity index (χ3v) is 6.37. The highest BCUT2D eigenvalue weighted by atomic mass is 16.5. The summed E-state index contributed by atoms with van der Waals surface area (Å²) in [5, 5.41) is 0. The number of nitrogens with zero attached hydrogens (tertiary/aromatic N) is 1. The summed E-state index contributed by atoms with van der Waals surface area (Å²) in [5.41, 5.74) is 5.60. The van der Waals surface area contributed by atoms with E-state index in [-0.39, 0.29) is 11.3 Å². The van der Waals surface area contributed by atoms with Crippen LogP contribution in [0.25, 0.3) is 0 Å². The molecule has 0 atom stereocenters. The number of carbonyl (C=O) groups is 1. The van der Waals surface area contributed by atoms with Gasteiger partial charge in [0.05, 0.1) is 17.6 Å². The van der Waals surface area contributed by atoms with Crippen molar-refractivity contribution in [1.29, 1.82) is 0 Å². The lowest BCUT2D eigenvalue weighted by atomic mass is 9.78. The van der Waals surface area contributed by atoms with Crippen LogP contribution in [-0.2, 0) is 14.3 Å². The van der Waals surface area contributed by atoms with E-state index in [1.54, 1.807) is 0 Å². The lowest BCUT2D eigenvalue weighted by Gasteiger charge is -2.42. The van der Waals surface area contributed by atoms with Crippen LogP contribution < -0.4 is 5.73 Å². The summed E-state index contributed by atoms with van der Waals surface area (Å²) in [6, 6.07) is 0. The zero-order chi connectivity index (χ0) is 17.0. The molecule has 1 amide bonds. The maximum Gasteiger partial charge on any atom is 0.230 e. The first-order valence-corrected chi connectivity index (χ1v) is 9.85. The Labute approximate surface area is 146 Å². The van der Waals surface area contributed by atoms with Gasteiger partial charge in [-0.2, -0.15) is 0 Å². The maximum absolute atomic E-state index is 13.0. The van der Waals surface area contributed by atoms with Gasteiger partial charge in [-0.15, -0.1) is 0 Å². The lowest BCUT2D eigenvalue weighted by Crippen LogP contribution is -2.53. The van der Waals surface area contributed by atoms with Crippen molar-refractivity contribution in [3.05, 3.63) is 0 Å². The normalized spacial score (nSPS) is 31.8. The van der Waals surface area contributed by atoms with Crippen LogP contribution in [0.4, 0.5) is 0 Å². The molecule has 2 saturated heterocycles. The molecule has 2 heterocycles. The number of ether oxygens (including phenoxy) is 2. The smallest absolute Gasteiger partial charge is 0.230 e. The van der Waals surface area contributed by atoms with Gasteiger partial charge in [0, 0.05) is 32.8 Å². The number of hydrogen-bond acceptors (Lipinski definition) is 4. The van der Waals surface area contributed by atoms with Crippen LogP contribution in [0.2, 0.25) is 0 Å². The van der Waals surface area contributed by atoms with Crippen molar-refractivity contribution in [2.24, 2.45) is 17.1 Å². The third-order valence-electron chi connectivity index (χ3n) is 6.37. The van der Waals surface area contributed by atoms with Crippen LogP contribution in [0.3, 0.4) is 0 Å². The highest BCUT2D eigenvalue weighted by molar-refractivity contribution is 5.83. The molecule has 24 heavy (non-hydrogen) atoms. The van der Waals surface area contributed by atoms with E-state index in [2.05, 4.69) is 6.92 Å². The van der Waals surface area contributed by atoms with E-state index < -0.39 is 0 Å². The van der Waals surface area contributed by atoms with E-state index in [4.69, 9.17) is 15.2 Å². The van der Waals surface area contributed by atoms with Gasteiger partial charge in [-0.1, -0.05) is 6.92 Å². The molecule has 2 aliphatic heterocycles. The van der Waals surface area contributed by atoms with Crippen molar-refractivity contribution >= 4 is 5.91 Å². The molecule has 0 aromatic carbocycles. The molecule has 0 unspecified atom stereocenters. The molecule has 3 rings (SSSR count). The molecular formula is C19H34N2O3. The Morgan fingerprint density at radius 2 is 1.67 bits per heavy atom. The second-order valence-corrected chi connectivity index (χ2v) is 8.11. The largest absolute Gasteiger partial charge is 0.381 e. The van der Waals surface area contributed by atoms with Crippen molar-refractivity contribution in [1.82, 2.24) is 4.90 Å². The fraction of sp³-hybridized carbons (Fsp3) is 0.947. The average Bonchev–Trinajstić information content (AvgIpc) is 2.64. The molecule has 3 fully saturated rings. The molecule has 1 aliphatic carbocycles. The predicted octanol–water partition coefficient (Wildman–Crippen LogP) is 2.33. The van der Waals surface area contributed by atoms with E-state index in [1.807, 2.05) is 4.90 Å². The van der Waals surface area contributed by atoms with Crippen LogP contribution in [0.5, 0.6) is 0 Å². The molecule has 0 radical (unpaired) electrons. The Bertz CT molecular complexity index is 407. The standard InChI is InChI=1S/C19H34N2O3/c1-15-2-4-16(5-3-15)24-17-6-10-21(11-7-17)18(22)19(14-20)8-12-23-13-9-19/h15-17H,2-14,20H2,1H3. The number of rotatable bonds is 4. The summed E-state index contributed by atoms with van der Waals surface area (Å²) >= 11 is 0. The lowest BCUT2D eigenvalue weighted by molar-refractivity contribution is -0.150. The summed E-state index contributed by atoms with van der Waals surface area (Å²) in [4.78, 5) is 15.0. The summed E-state index contributed by atoms with van der Waals surface area (Å²) in [6.07, 6.45) is 9.23. The topological polar surface area (TPSA) is 64.8 Å². The Hall–Kier alpha value is -0.650. The van der Waals surface area contributed by atoms with Gasteiger partial charge in [0.2, 0.25) is 5.91 Å². The van der Waals surface area contributed by atoms with E-state index in [1.165, 1.54) is 25.7 Å². The summed E-state index contributed by atoms with van der Waals surface area (Å²) in [5.74, 6) is 1.11. The number of amides is 1. The molecule has 5 nitrogen and oxygen atoms in total. The Morgan fingerprint density at radius 1 is 1.08 bits per heavy atom. The zero-order valence-electron chi connectivity index (χ0n) is 15.2. The van der Waals surface area contributed by atoms with E-state index >= 15 is 0 Å². The number of carbonyl (C=O) groups excluding carboxylic acids is 1. The van der Waals surface area contributed by atoms with Gasteiger partial charge in [-0.25, -0.2) is 0 Å². The van der Waals surface area contributed by atoms with Crippen LogP contribution >= 0.6 is 0 Å². The number of hydrogen-bond donors (Lipinski definition) is 1. The van der Waals surface area contributed by atoms with Crippen LogP contribution in [0.15, 0.2) is 0 Å². The summed E-state index contributed by atoms with van der Waals surface area (Å²) < 4.78 is 11.7. The number of likely N-dealkylation sites (tertiary alicyclic amines) is 1.